The van der Waals surface area contributed by atoms with Crippen LogP contribution in [-0.4, -0.2) is 78.7 Å². The number of rotatable bonds is 11. The Kier molecular flexibility index (Phi) is 17.8. The minimum Gasteiger partial charge on any atom is -0.542 e. The highest BCUT2D eigenvalue weighted by Gasteiger charge is 2.28. The number of carboxylic acid groups (broad SMARTS) is 2. The summed E-state index contributed by atoms with van der Waals surface area (Å²) >= 11 is 0. The zero-order chi connectivity index (χ0) is 33.7. The summed E-state index contributed by atoms with van der Waals surface area (Å²) in [6, 6.07) is 17.4. The van der Waals surface area contributed by atoms with Gasteiger partial charge in [0.05, 0.1) is 6.54 Å². The minimum absolute atomic E-state index is 0.0862. The maximum atomic E-state index is 12.6. The molecule has 0 aromatic heterocycles. The molecule has 0 aliphatic heterocycles. The molecule has 17 heteroatoms. The summed E-state index contributed by atoms with van der Waals surface area (Å²) in [7, 11) is 1.00. The van der Waals surface area contributed by atoms with Crippen LogP contribution in [0, 0.1) is 0 Å². The Morgan fingerprint density at radius 2 is 1.11 bits per heavy atom. The molecule has 238 valence electrons. The number of aliphatic hydroxyl groups excluding tert-OH is 1. The van der Waals surface area contributed by atoms with E-state index in [1.165, 1.54) is 12.2 Å². The number of alkyl halides is 3. The van der Waals surface area contributed by atoms with Crippen LogP contribution in [-0.2, 0) is 28.8 Å². The second kappa shape index (κ2) is 20.3. The highest BCUT2D eigenvalue weighted by molar-refractivity contribution is 6.05. The number of benzene rings is 2. The van der Waals surface area contributed by atoms with E-state index >= 15 is 0 Å². The van der Waals surface area contributed by atoms with Gasteiger partial charge in [-0.25, -0.2) is 0 Å². The summed E-state index contributed by atoms with van der Waals surface area (Å²) in [6.45, 7) is -1.26. The third-order valence-corrected chi connectivity index (χ3v) is 4.53. The third kappa shape index (κ3) is 16.7. The van der Waals surface area contributed by atoms with Crippen LogP contribution in [0.15, 0.2) is 72.1 Å². The number of halogens is 3. The van der Waals surface area contributed by atoms with Crippen molar-refractivity contribution < 1.29 is 63.0 Å². The molecule has 0 saturated carbocycles. The van der Waals surface area contributed by atoms with Crippen LogP contribution in [0.5, 0.6) is 0 Å². The van der Waals surface area contributed by atoms with Gasteiger partial charge < -0.3 is 47.1 Å². The number of carboxylic acids is 2. The molecule has 0 spiro atoms. The topological polar surface area (TPSA) is 242 Å². The van der Waals surface area contributed by atoms with E-state index in [-0.39, 0.29) is 17.9 Å². The molecule has 2 aromatic rings. The van der Waals surface area contributed by atoms with Crippen LogP contribution < -0.4 is 32.1 Å². The number of aliphatic hydroxyl groups is 1. The molecule has 0 aliphatic rings. The molecule has 2 rings (SSSR count). The van der Waals surface area contributed by atoms with Gasteiger partial charge in [0.1, 0.15) is 23.9 Å². The molecule has 0 saturated heterocycles. The lowest BCUT2D eigenvalue weighted by Crippen LogP contribution is -2.57. The van der Waals surface area contributed by atoms with Crippen LogP contribution in [0.1, 0.15) is 11.1 Å². The normalized spacial score (nSPS) is 10.9. The first kappa shape index (κ1) is 38.5. The van der Waals surface area contributed by atoms with Gasteiger partial charge in [-0.05, 0) is 23.3 Å². The van der Waals surface area contributed by atoms with Gasteiger partial charge >= 0.3 is 12.1 Å². The SMILES string of the molecule is CO.O=C([O-])C(F)(F)F.[NH3+]CC(=O)N/C(=C\c1ccccc1)C(=O)NCC(=O)N/C(=C\c1ccccc1)C(=O)NCC(=O)O. The maximum Gasteiger partial charge on any atom is 0.430 e. The molecule has 14 nitrogen and oxygen atoms in total. The Labute approximate surface area is 248 Å². The molecular weight excluding hydrogens is 595 g/mol. The fourth-order valence-corrected chi connectivity index (χ4v) is 2.66. The summed E-state index contributed by atoms with van der Waals surface area (Å²) in [5, 5.41) is 33.9. The van der Waals surface area contributed by atoms with E-state index < -0.39 is 54.8 Å². The molecule has 0 radical (unpaired) electrons. The lowest BCUT2D eigenvalue weighted by atomic mass is 10.2. The first-order chi connectivity index (χ1) is 20.7. The van der Waals surface area contributed by atoms with Crippen molar-refractivity contribution in [3.05, 3.63) is 83.2 Å². The van der Waals surface area contributed by atoms with Crippen LogP contribution in [0.25, 0.3) is 12.2 Å². The van der Waals surface area contributed by atoms with Gasteiger partial charge in [-0.3, -0.25) is 24.0 Å². The maximum absolute atomic E-state index is 12.6. The van der Waals surface area contributed by atoms with E-state index in [9.17, 15) is 37.1 Å². The van der Waals surface area contributed by atoms with E-state index in [1.54, 1.807) is 60.7 Å². The van der Waals surface area contributed by atoms with Gasteiger partial charge in [0.2, 0.25) is 5.91 Å². The van der Waals surface area contributed by atoms with Crippen molar-refractivity contribution in [1.29, 1.82) is 0 Å². The fraction of sp³-hybridized carbons (Fsp3) is 0.185. The number of aliphatic carboxylic acids is 2. The summed E-state index contributed by atoms with van der Waals surface area (Å²) < 4.78 is 31.5. The number of carbonyl (C=O) groups excluding carboxylic acids is 5. The molecule has 0 fully saturated rings. The summed E-state index contributed by atoms with van der Waals surface area (Å²) in [5.41, 5.74) is 4.41. The van der Waals surface area contributed by atoms with Gasteiger partial charge in [-0.2, -0.15) is 13.2 Å². The van der Waals surface area contributed by atoms with E-state index in [2.05, 4.69) is 27.0 Å². The number of quaternary nitrogens is 1. The molecular formula is C27H30F3N5O9. The predicted molar refractivity (Wildman–Crippen MR) is 146 cm³/mol. The van der Waals surface area contributed by atoms with E-state index in [0.29, 0.717) is 11.1 Å². The Morgan fingerprint density at radius 3 is 1.45 bits per heavy atom. The number of hydrogen-bond acceptors (Lipinski definition) is 8. The average Bonchev–Trinajstić information content (AvgIpc) is 2.99. The molecule has 0 aliphatic carbocycles. The highest BCUT2D eigenvalue weighted by atomic mass is 19.4. The molecule has 9 N–H and O–H groups in total. The molecule has 0 heterocycles. The first-order valence-electron chi connectivity index (χ1n) is 12.2. The average molecular weight is 626 g/mol. The van der Waals surface area contributed by atoms with E-state index in [1.807, 2.05) is 0 Å². The van der Waals surface area contributed by atoms with E-state index in [0.717, 1.165) is 7.11 Å². The van der Waals surface area contributed by atoms with Crippen molar-refractivity contribution in [1.82, 2.24) is 21.3 Å². The minimum atomic E-state index is -5.19. The Hall–Kier alpha value is -5.55. The lowest BCUT2D eigenvalue weighted by molar-refractivity contribution is -0.354. The zero-order valence-corrected chi connectivity index (χ0v) is 23.1. The van der Waals surface area contributed by atoms with Crippen molar-refractivity contribution >= 4 is 47.7 Å². The highest BCUT2D eigenvalue weighted by Crippen LogP contribution is 2.11. The number of hydrogen-bond donors (Lipinski definition) is 7. The fourth-order valence-electron chi connectivity index (χ4n) is 2.66. The van der Waals surface area contributed by atoms with Gasteiger partial charge in [0, 0.05) is 7.11 Å². The summed E-state index contributed by atoms with van der Waals surface area (Å²) in [4.78, 5) is 68.8. The molecule has 0 atom stereocenters. The largest absolute Gasteiger partial charge is 0.542 e. The van der Waals surface area contributed by atoms with Crippen LogP contribution in [0.4, 0.5) is 13.2 Å². The molecule has 44 heavy (non-hydrogen) atoms. The third-order valence-electron chi connectivity index (χ3n) is 4.53. The lowest BCUT2D eigenvalue weighted by Gasteiger charge is -2.12. The monoisotopic (exact) mass is 625 g/mol. The first-order valence-corrected chi connectivity index (χ1v) is 12.2. The molecule has 2 aromatic carbocycles. The van der Waals surface area contributed by atoms with Crippen molar-refractivity contribution in [3.63, 3.8) is 0 Å². The number of carbonyl (C=O) groups is 6. The second-order valence-corrected chi connectivity index (χ2v) is 7.83. The summed E-state index contributed by atoms with van der Waals surface area (Å²) in [5.74, 6) is -7.04. The van der Waals surface area contributed by atoms with E-state index in [4.69, 9.17) is 20.1 Å². The van der Waals surface area contributed by atoms with Crippen molar-refractivity contribution in [2.24, 2.45) is 0 Å². The predicted octanol–water partition coefficient (Wildman–Crippen LogP) is -2.23. The van der Waals surface area contributed by atoms with Gasteiger partial charge in [0.15, 0.2) is 6.54 Å². The van der Waals surface area contributed by atoms with Gasteiger partial charge in [-0.15, -0.1) is 0 Å². The molecule has 0 bridgehead atoms. The quantitative estimate of drug-likeness (QED) is 0.133. The number of amides is 4. The summed E-state index contributed by atoms with van der Waals surface area (Å²) in [6.07, 6.45) is -2.38. The standard InChI is InChI=1S/C24H25N5O6.C2HF3O2.CH4O/c25-13-20(30)28-18(11-16-7-3-1-4-8-16)23(34)26-14-21(31)29-19(24(35)27-15-22(32)33)12-17-9-5-2-6-10-17;3-2(4,5)1(6)7;1-2/h1-12H,13-15,25H2,(H,26,34)(H,27,35)(H,28,30)(H,29,31)(H,32,33);(H,6,7);2H,1H3/b18-11-,19-12-;;. The number of nitrogens with one attached hydrogen (secondary N) is 4. The Morgan fingerprint density at radius 1 is 0.750 bits per heavy atom. The van der Waals surface area contributed by atoms with Crippen molar-refractivity contribution in [2.45, 2.75) is 6.18 Å². The smallest absolute Gasteiger partial charge is 0.430 e. The van der Waals surface area contributed by atoms with Crippen LogP contribution >= 0.6 is 0 Å². The Balaban J connectivity index is 0.00000180. The second-order valence-electron chi connectivity index (χ2n) is 7.83. The van der Waals surface area contributed by atoms with Crippen LogP contribution in [0.3, 0.4) is 0 Å². The van der Waals surface area contributed by atoms with Gasteiger partial charge in [0.25, 0.3) is 17.7 Å². The van der Waals surface area contributed by atoms with Crippen molar-refractivity contribution in [2.75, 3.05) is 26.7 Å². The zero-order valence-electron chi connectivity index (χ0n) is 23.1. The molecule has 4 amide bonds. The van der Waals surface area contributed by atoms with Crippen LogP contribution in [0.2, 0.25) is 0 Å². The Bertz CT molecular complexity index is 1330. The molecule has 0 unspecified atom stereocenters. The van der Waals surface area contributed by atoms with Crippen molar-refractivity contribution in [3.8, 4) is 0 Å². The van der Waals surface area contributed by atoms with Gasteiger partial charge in [-0.1, -0.05) is 60.7 Å².